The largest absolute Gasteiger partial charge is 0.294 e. The molecule has 0 saturated heterocycles. The second-order valence-electron chi connectivity index (χ2n) is 2.26. The molecular weight excluding hydrogens is 126 g/mol. The van der Waals surface area contributed by atoms with Crippen LogP contribution in [0.5, 0.6) is 0 Å². The molecule has 1 N–H and O–H groups in total. The van der Waals surface area contributed by atoms with Crippen LogP contribution in [-0.4, -0.2) is 37.0 Å². The minimum Gasteiger partial charge on any atom is -0.294 e. The molecule has 3 nitrogen and oxygen atoms in total. The van der Waals surface area contributed by atoms with Crippen LogP contribution in [0.1, 0.15) is 6.92 Å². The van der Waals surface area contributed by atoms with E-state index in [0.717, 1.165) is 0 Å². The molecule has 0 aromatic heterocycles. The Bertz CT molecular complexity index is 138. The van der Waals surface area contributed by atoms with Crippen LogP contribution in [0.25, 0.3) is 0 Å². The Morgan fingerprint density at radius 1 is 1.30 bits per heavy atom. The summed E-state index contributed by atoms with van der Waals surface area (Å²) in [6.07, 6.45) is 3.60. The van der Waals surface area contributed by atoms with Crippen molar-refractivity contribution in [3.05, 3.63) is 12.2 Å². The van der Waals surface area contributed by atoms with Gasteiger partial charge in [-0.2, -0.15) is 0 Å². The van der Waals surface area contributed by atoms with Gasteiger partial charge in [-0.05, 0) is 13.0 Å². The monoisotopic (exact) mass is 141 g/mol. The van der Waals surface area contributed by atoms with E-state index < -0.39 is 0 Å². The van der Waals surface area contributed by atoms with Crippen molar-refractivity contribution in [2.75, 3.05) is 21.1 Å². The maximum Gasteiger partial charge on any atom is 0.134 e. The summed E-state index contributed by atoms with van der Waals surface area (Å²) in [7, 11) is 5.65. The first-order valence-corrected chi connectivity index (χ1v) is 3.21. The summed E-state index contributed by atoms with van der Waals surface area (Å²) < 4.78 is 0. The van der Waals surface area contributed by atoms with Crippen molar-refractivity contribution in [3.63, 3.8) is 0 Å². The molecule has 0 unspecified atom stereocenters. The minimum absolute atomic E-state index is 0.493. The van der Waals surface area contributed by atoms with E-state index in [0.29, 0.717) is 5.84 Å². The van der Waals surface area contributed by atoms with E-state index >= 15 is 0 Å². The molecule has 0 aliphatic rings. The molecule has 0 rings (SSSR count). The van der Waals surface area contributed by atoms with Gasteiger partial charge in [0, 0.05) is 21.1 Å². The number of hydrazine groups is 1. The lowest BCUT2D eigenvalue weighted by Crippen LogP contribution is -2.36. The molecule has 0 aromatic rings. The maximum atomic E-state index is 7.42. The van der Waals surface area contributed by atoms with E-state index in [2.05, 4.69) is 0 Å². The lowest BCUT2D eigenvalue weighted by atomic mass is 10.5. The summed E-state index contributed by atoms with van der Waals surface area (Å²) in [5, 5.41) is 11.0. The molecule has 0 saturated carbocycles. The molecule has 0 atom stereocenters. The molecule has 0 radical (unpaired) electrons. The number of nitrogens with one attached hydrogen (secondary N) is 1. The first-order chi connectivity index (χ1) is 4.59. The van der Waals surface area contributed by atoms with Gasteiger partial charge in [0.2, 0.25) is 0 Å². The van der Waals surface area contributed by atoms with Gasteiger partial charge >= 0.3 is 0 Å². The van der Waals surface area contributed by atoms with Gasteiger partial charge in [0.1, 0.15) is 5.84 Å². The Kier molecular flexibility index (Phi) is 3.72. The van der Waals surface area contributed by atoms with Crippen LogP contribution in [0.4, 0.5) is 0 Å². The topological polar surface area (TPSA) is 30.3 Å². The van der Waals surface area contributed by atoms with Crippen molar-refractivity contribution >= 4 is 5.84 Å². The number of rotatable bonds is 2. The summed E-state index contributed by atoms with van der Waals surface area (Å²) in [5.74, 6) is 0.493. The quantitative estimate of drug-likeness (QED) is 0.352. The minimum atomic E-state index is 0.493. The van der Waals surface area contributed by atoms with Gasteiger partial charge in [0.15, 0.2) is 0 Å². The second-order valence-corrected chi connectivity index (χ2v) is 2.26. The average Bonchev–Trinajstić information content (AvgIpc) is 1.87. The summed E-state index contributed by atoms with van der Waals surface area (Å²) in [6.45, 7) is 1.90. The van der Waals surface area contributed by atoms with Crippen LogP contribution in [-0.2, 0) is 0 Å². The molecule has 0 aromatic carbocycles. The molecule has 0 bridgehead atoms. The average molecular weight is 141 g/mol. The maximum absolute atomic E-state index is 7.42. The third-order valence-corrected chi connectivity index (χ3v) is 1.27. The highest BCUT2D eigenvalue weighted by molar-refractivity contribution is 5.89. The summed E-state index contributed by atoms with van der Waals surface area (Å²) in [5.41, 5.74) is 0. The highest BCUT2D eigenvalue weighted by Crippen LogP contribution is 1.88. The molecular formula is C7H15N3. The van der Waals surface area contributed by atoms with Crippen molar-refractivity contribution in [1.82, 2.24) is 10.0 Å². The normalized spacial score (nSPS) is 10.9. The third-order valence-electron chi connectivity index (χ3n) is 1.27. The van der Waals surface area contributed by atoms with Crippen molar-refractivity contribution in [2.24, 2.45) is 0 Å². The van der Waals surface area contributed by atoms with Crippen molar-refractivity contribution in [3.8, 4) is 0 Å². The number of hydrogen-bond acceptors (Lipinski definition) is 2. The van der Waals surface area contributed by atoms with Crippen LogP contribution in [0.2, 0.25) is 0 Å². The first kappa shape index (κ1) is 9.17. The zero-order valence-corrected chi connectivity index (χ0v) is 7.05. The van der Waals surface area contributed by atoms with E-state index in [4.69, 9.17) is 5.41 Å². The zero-order chi connectivity index (χ0) is 8.15. The Labute approximate surface area is 62.4 Å². The third kappa shape index (κ3) is 2.64. The predicted octanol–water partition coefficient (Wildman–Crippen LogP) is 0.948. The van der Waals surface area contributed by atoms with Crippen LogP contribution < -0.4 is 0 Å². The molecule has 58 valence electrons. The highest BCUT2D eigenvalue weighted by atomic mass is 15.6. The molecule has 0 spiro atoms. The van der Waals surface area contributed by atoms with Gasteiger partial charge in [0.25, 0.3) is 0 Å². The van der Waals surface area contributed by atoms with Crippen LogP contribution in [0.15, 0.2) is 12.2 Å². The van der Waals surface area contributed by atoms with Crippen LogP contribution in [0.3, 0.4) is 0 Å². The number of amidine groups is 1. The Morgan fingerprint density at radius 3 is 2.10 bits per heavy atom. The SMILES string of the molecule is C/C=C\C(=N)N(C)N(C)C. The Balaban J connectivity index is 3.95. The van der Waals surface area contributed by atoms with Gasteiger partial charge < -0.3 is 0 Å². The van der Waals surface area contributed by atoms with Crippen molar-refractivity contribution in [2.45, 2.75) is 6.92 Å². The molecule has 0 amide bonds. The highest BCUT2D eigenvalue weighted by Gasteiger charge is 2.00. The fourth-order valence-electron chi connectivity index (χ4n) is 0.481. The lowest BCUT2D eigenvalue weighted by molar-refractivity contribution is 0.145. The smallest absolute Gasteiger partial charge is 0.134 e. The number of likely N-dealkylation sites (N-methyl/N-ethyl adjacent to an activating group) is 1. The fourth-order valence-corrected chi connectivity index (χ4v) is 0.481. The van der Waals surface area contributed by atoms with E-state index in [1.54, 1.807) is 11.1 Å². The first-order valence-electron chi connectivity index (χ1n) is 3.21. The van der Waals surface area contributed by atoms with Gasteiger partial charge in [-0.25, -0.2) is 5.01 Å². The van der Waals surface area contributed by atoms with Crippen LogP contribution >= 0.6 is 0 Å². The van der Waals surface area contributed by atoms with Gasteiger partial charge in [-0.15, -0.1) is 0 Å². The molecule has 0 fully saturated rings. The summed E-state index contributed by atoms with van der Waals surface area (Å²) in [4.78, 5) is 0. The Morgan fingerprint density at radius 2 is 1.80 bits per heavy atom. The van der Waals surface area contributed by atoms with E-state index in [1.807, 2.05) is 39.2 Å². The Hall–Kier alpha value is -0.830. The fraction of sp³-hybridized carbons (Fsp3) is 0.571. The molecule has 3 heteroatoms. The molecule has 0 aliphatic carbocycles. The van der Waals surface area contributed by atoms with Crippen molar-refractivity contribution < 1.29 is 0 Å². The van der Waals surface area contributed by atoms with Crippen molar-refractivity contribution in [1.29, 1.82) is 5.41 Å². The van der Waals surface area contributed by atoms with Gasteiger partial charge in [-0.3, -0.25) is 10.4 Å². The van der Waals surface area contributed by atoms with Gasteiger partial charge in [0.05, 0.1) is 0 Å². The molecule has 0 heterocycles. The molecule has 0 aliphatic heterocycles. The standard InChI is InChI=1S/C7H15N3/c1-5-6-7(8)10(4)9(2)3/h5-6,8H,1-4H3/b6-5-,8-7?. The summed E-state index contributed by atoms with van der Waals surface area (Å²) in [6, 6.07) is 0. The van der Waals surface area contributed by atoms with Crippen LogP contribution in [0, 0.1) is 5.41 Å². The van der Waals surface area contributed by atoms with E-state index in [-0.39, 0.29) is 0 Å². The van der Waals surface area contributed by atoms with E-state index in [9.17, 15) is 0 Å². The second kappa shape index (κ2) is 4.06. The van der Waals surface area contributed by atoms with Gasteiger partial charge in [-0.1, -0.05) is 6.08 Å². The lowest BCUT2D eigenvalue weighted by Gasteiger charge is -2.24. The number of allylic oxidation sites excluding steroid dienone is 1. The number of hydrogen-bond donors (Lipinski definition) is 1. The number of nitrogens with zero attached hydrogens (tertiary/aromatic N) is 2. The summed E-state index contributed by atoms with van der Waals surface area (Å²) >= 11 is 0. The predicted molar refractivity (Wildman–Crippen MR) is 44.0 cm³/mol. The van der Waals surface area contributed by atoms with E-state index in [1.165, 1.54) is 0 Å². The zero-order valence-electron chi connectivity index (χ0n) is 7.05. The molecule has 10 heavy (non-hydrogen) atoms.